The fourth-order valence-electron chi connectivity index (χ4n) is 2.85. The van der Waals surface area contributed by atoms with Gasteiger partial charge in [0.2, 0.25) is 0 Å². The number of aliphatic imine (C=N–C) groups is 2. The van der Waals surface area contributed by atoms with E-state index in [-0.39, 0.29) is 24.8 Å². The molecule has 2 aliphatic rings. The van der Waals surface area contributed by atoms with Crippen LogP contribution in [0.4, 0.5) is 10.1 Å². The third kappa shape index (κ3) is 2.24. The standard InChI is InChI=1S/C17H11ClFN3O/c18-10-5-6-14-12(7-10)17(11-3-1-2-4-13(11)19)21-8-15-20-9-16(23)22(14)15/h1-7H,8-9H2. The maximum Gasteiger partial charge on any atom is 0.254 e. The summed E-state index contributed by atoms with van der Waals surface area (Å²) in [5.41, 5.74) is 2.12. The van der Waals surface area contributed by atoms with Gasteiger partial charge in [-0.1, -0.05) is 23.7 Å². The average molecular weight is 328 g/mol. The van der Waals surface area contributed by atoms with Crippen LogP contribution >= 0.6 is 11.6 Å². The van der Waals surface area contributed by atoms with E-state index in [9.17, 15) is 9.18 Å². The first-order valence-electron chi connectivity index (χ1n) is 7.11. The number of carbonyl (C=O) groups excluding carboxylic acids is 1. The largest absolute Gasteiger partial charge is 0.276 e. The van der Waals surface area contributed by atoms with Crippen molar-refractivity contribution in [1.82, 2.24) is 0 Å². The van der Waals surface area contributed by atoms with Crippen molar-refractivity contribution >= 4 is 34.7 Å². The third-order valence-corrected chi connectivity index (χ3v) is 4.10. The quantitative estimate of drug-likeness (QED) is 0.794. The second-order valence-corrected chi connectivity index (χ2v) is 5.70. The normalized spacial score (nSPS) is 16.4. The molecule has 1 amide bonds. The van der Waals surface area contributed by atoms with Crippen LogP contribution in [0.25, 0.3) is 0 Å². The van der Waals surface area contributed by atoms with Gasteiger partial charge in [0.25, 0.3) is 5.91 Å². The summed E-state index contributed by atoms with van der Waals surface area (Å²) in [7, 11) is 0. The molecule has 0 unspecified atom stereocenters. The number of amides is 1. The van der Waals surface area contributed by atoms with Gasteiger partial charge in [0.15, 0.2) is 0 Å². The molecule has 0 fully saturated rings. The molecule has 114 valence electrons. The van der Waals surface area contributed by atoms with Gasteiger partial charge in [-0.3, -0.25) is 19.7 Å². The number of nitrogens with zero attached hydrogens (tertiary/aromatic N) is 3. The Labute approximate surface area is 136 Å². The molecule has 2 heterocycles. The zero-order chi connectivity index (χ0) is 16.0. The summed E-state index contributed by atoms with van der Waals surface area (Å²) in [6, 6.07) is 11.6. The van der Waals surface area contributed by atoms with Crippen molar-refractivity contribution in [3.8, 4) is 0 Å². The number of halogens is 2. The van der Waals surface area contributed by atoms with Crippen LogP contribution in [0.15, 0.2) is 52.4 Å². The lowest BCUT2D eigenvalue weighted by Gasteiger charge is -2.19. The van der Waals surface area contributed by atoms with E-state index in [4.69, 9.17) is 11.6 Å². The lowest BCUT2D eigenvalue weighted by atomic mass is 9.99. The molecule has 0 aliphatic carbocycles. The van der Waals surface area contributed by atoms with E-state index in [1.54, 1.807) is 41.3 Å². The highest BCUT2D eigenvalue weighted by atomic mass is 35.5. The Balaban J connectivity index is 1.98. The first kappa shape index (κ1) is 14.1. The van der Waals surface area contributed by atoms with Gasteiger partial charge < -0.3 is 0 Å². The van der Waals surface area contributed by atoms with Crippen LogP contribution in [0.2, 0.25) is 5.02 Å². The Morgan fingerprint density at radius 1 is 1.04 bits per heavy atom. The number of hydrogen-bond acceptors (Lipinski definition) is 3. The van der Waals surface area contributed by atoms with Gasteiger partial charge >= 0.3 is 0 Å². The topological polar surface area (TPSA) is 45.0 Å². The van der Waals surface area contributed by atoms with Crippen molar-refractivity contribution in [3.05, 3.63) is 64.4 Å². The maximum absolute atomic E-state index is 14.2. The number of rotatable bonds is 1. The Morgan fingerprint density at radius 3 is 2.70 bits per heavy atom. The molecule has 23 heavy (non-hydrogen) atoms. The van der Waals surface area contributed by atoms with Crippen molar-refractivity contribution in [2.45, 2.75) is 0 Å². The lowest BCUT2D eigenvalue weighted by Crippen LogP contribution is -2.33. The van der Waals surface area contributed by atoms with Crippen LogP contribution in [0, 0.1) is 5.82 Å². The highest BCUT2D eigenvalue weighted by Gasteiger charge is 2.32. The SMILES string of the molecule is O=C1CN=C2CN=C(c3ccccc3F)c3cc(Cl)ccc3N12. The van der Waals surface area contributed by atoms with E-state index >= 15 is 0 Å². The zero-order valence-corrected chi connectivity index (χ0v) is 12.7. The minimum Gasteiger partial charge on any atom is -0.276 e. The summed E-state index contributed by atoms with van der Waals surface area (Å²) in [6.07, 6.45) is 0. The molecule has 2 aromatic carbocycles. The molecule has 0 saturated carbocycles. The maximum atomic E-state index is 14.2. The predicted octanol–water partition coefficient (Wildman–Crippen LogP) is 3.08. The van der Waals surface area contributed by atoms with Crippen LogP contribution in [0.1, 0.15) is 11.1 Å². The Hall–Kier alpha value is -2.53. The van der Waals surface area contributed by atoms with Gasteiger partial charge in [0.1, 0.15) is 18.2 Å². The van der Waals surface area contributed by atoms with Crippen LogP contribution < -0.4 is 4.90 Å². The first-order chi connectivity index (χ1) is 11.1. The Kier molecular flexibility index (Phi) is 3.23. The molecular formula is C17H11ClFN3O. The summed E-state index contributed by atoms with van der Waals surface area (Å²) in [5.74, 6) is 0.0889. The van der Waals surface area contributed by atoms with Crippen molar-refractivity contribution in [3.63, 3.8) is 0 Å². The van der Waals surface area contributed by atoms with Gasteiger partial charge in [-0.15, -0.1) is 0 Å². The number of carbonyl (C=O) groups is 1. The molecule has 0 spiro atoms. The molecule has 2 aliphatic heterocycles. The smallest absolute Gasteiger partial charge is 0.254 e. The molecule has 0 bridgehead atoms. The number of benzene rings is 2. The summed E-state index contributed by atoms with van der Waals surface area (Å²) < 4.78 is 14.2. The van der Waals surface area contributed by atoms with E-state index in [1.165, 1.54) is 6.07 Å². The molecule has 0 atom stereocenters. The Morgan fingerprint density at radius 2 is 1.87 bits per heavy atom. The second kappa shape index (κ2) is 5.28. The number of hydrogen-bond donors (Lipinski definition) is 0. The summed E-state index contributed by atoms with van der Waals surface area (Å²) >= 11 is 6.12. The van der Waals surface area contributed by atoms with Crippen molar-refractivity contribution in [2.75, 3.05) is 18.0 Å². The van der Waals surface area contributed by atoms with E-state index in [0.29, 0.717) is 33.4 Å². The molecule has 0 N–H and O–H groups in total. The van der Waals surface area contributed by atoms with E-state index < -0.39 is 0 Å². The molecule has 0 radical (unpaired) electrons. The van der Waals surface area contributed by atoms with Gasteiger partial charge in [-0.2, -0.15) is 0 Å². The van der Waals surface area contributed by atoms with E-state index in [1.807, 2.05) is 0 Å². The van der Waals surface area contributed by atoms with E-state index in [2.05, 4.69) is 9.98 Å². The van der Waals surface area contributed by atoms with Gasteiger partial charge in [0.05, 0.1) is 17.9 Å². The van der Waals surface area contributed by atoms with E-state index in [0.717, 1.165) is 0 Å². The van der Waals surface area contributed by atoms with Crippen LogP contribution in [-0.2, 0) is 4.79 Å². The third-order valence-electron chi connectivity index (χ3n) is 3.87. The Bertz CT molecular complexity index is 891. The molecule has 6 heteroatoms. The molecule has 2 aromatic rings. The van der Waals surface area contributed by atoms with Gasteiger partial charge in [-0.05, 0) is 30.3 Å². The van der Waals surface area contributed by atoms with Crippen LogP contribution in [0.3, 0.4) is 0 Å². The molecule has 4 nitrogen and oxygen atoms in total. The van der Waals surface area contributed by atoms with Crippen molar-refractivity contribution in [1.29, 1.82) is 0 Å². The van der Waals surface area contributed by atoms with Crippen molar-refractivity contribution < 1.29 is 9.18 Å². The van der Waals surface area contributed by atoms with Gasteiger partial charge in [0, 0.05) is 16.1 Å². The first-order valence-corrected chi connectivity index (χ1v) is 7.48. The predicted molar refractivity (Wildman–Crippen MR) is 88.1 cm³/mol. The molecular weight excluding hydrogens is 317 g/mol. The molecule has 0 aromatic heterocycles. The average Bonchev–Trinajstić information content (AvgIpc) is 2.82. The minimum absolute atomic E-state index is 0.113. The number of amidine groups is 1. The van der Waals surface area contributed by atoms with Crippen molar-refractivity contribution in [2.24, 2.45) is 9.98 Å². The fraction of sp³-hybridized carbons (Fsp3) is 0.118. The van der Waals surface area contributed by atoms with Crippen LogP contribution in [-0.4, -0.2) is 30.5 Å². The highest BCUT2D eigenvalue weighted by molar-refractivity contribution is 6.33. The fourth-order valence-corrected chi connectivity index (χ4v) is 3.02. The lowest BCUT2D eigenvalue weighted by molar-refractivity contribution is -0.115. The zero-order valence-electron chi connectivity index (χ0n) is 12.0. The van der Waals surface area contributed by atoms with Gasteiger partial charge in [-0.25, -0.2) is 4.39 Å². The summed E-state index contributed by atoms with van der Waals surface area (Å²) in [4.78, 5) is 22.5. The summed E-state index contributed by atoms with van der Waals surface area (Å²) in [6.45, 7) is 0.337. The number of fused-ring (bicyclic) bond motifs is 3. The minimum atomic E-state index is -0.368. The number of anilines is 1. The van der Waals surface area contributed by atoms with Crippen LogP contribution in [0.5, 0.6) is 0 Å². The molecule has 0 saturated heterocycles. The molecule has 4 rings (SSSR count). The summed E-state index contributed by atoms with van der Waals surface area (Å²) in [5, 5.41) is 0.500. The monoisotopic (exact) mass is 327 g/mol. The highest BCUT2D eigenvalue weighted by Crippen LogP contribution is 2.31. The second-order valence-electron chi connectivity index (χ2n) is 5.27.